The molecule has 2 N–H and O–H groups in total. The van der Waals surface area contributed by atoms with Crippen LogP contribution in [0.15, 0.2) is 66.7 Å². The van der Waals surface area contributed by atoms with E-state index in [1.807, 2.05) is 30.3 Å². The minimum absolute atomic E-state index is 0.184. The normalized spacial score (nSPS) is 25.7. The van der Waals surface area contributed by atoms with E-state index < -0.39 is 10.2 Å². The second-order valence-electron chi connectivity index (χ2n) is 10.1. The van der Waals surface area contributed by atoms with E-state index in [0.717, 1.165) is 34.5 Å². The minimum Gasteiger partial charge on any atom is -0.355 e. The molecule has 2 heterocycles. The van der Waals surface area contributed by atoms with E-state index in [1.54, 1.807) is 20.7 Å². The van der Waals surface area contributed by atoms with Crippen LogP contribution in [0, 0.1) is 24.1 Å². The Morgan fingerprint density at radius 3 is 2.42 bits per heavy atom. The van der Waals surface area contributed by atoms with Crippen LogP contribution in [0.25, 0.3) is 0 Å². The van der Waals surface area contributed by atoms with Crippen molar-refractivity contribution in [3.63, 3.8) is 0 Å². The second kappa shape index (κ2) is 8.50. The van der Waals surface area contributed by atoms with Crippen LogP contribution in [0.2, 0.25) is 0 Å². The average Bonchev–Trinajstić information content (AvgIpc) is 3.28. The van der Waals surface area contributed by atoms with Gasteiger partial charge in [-0.15, -0.1) is 0 Å². The van der Waals surface area contributed by atoms with Crippen LogP contribution in [0.5, 0.6) is 0 Å². The fraction of sp³-hybridized carbons (Fsp3) is 0.321. The van der Waals surface area contributed by atoms with Crippen LogP contribution in [0.4, 0.5) is 15.8 Å². The maximum Gasteiger partial charge on any atom is 0.282 e. The molecule has 3 aromatic rings. The molecule has 1 aliphatic carbocycles. The molecule has 6 nitrogen and oxygen atoms in total. The zero-order chi connectivity index (χ0) is 25.1. The summed E-state index contributed by atoms with van der Waals surface area (Å²) in [5.74, 6) is 0.114. The Hall–Kier alpha value is -3.07. The Balaban J connectivity index is 1.39. The van der Waals surface area contributed by atoms with Gasteiger partial charge in [-0.1, -0.05) is 30.3 Å². The summed E-state index contributed by atoms with van der Waals surface area (Å²) in [5.41, 5.74) is 5.29. The van der Waals surface area contributed by atoms with Gasteiger partial charge in [-0.3, -0.25) is 0 Å². The Bertz CT molecular complexity index is 1420. The van der Waals surface area contributed by atoms with Crippen molar-refractivity contribution in [1.82, 2.24) is 8.61 Å². The summed E-state index contributed by atoms with van der Waals surface area (Å²) in [6.07, 6.45) is 2.24. The van der Waals surface area contributed by atoms with Crippen LogP contribution in [0.1, 0.15) is 34.6 Å². The third kappa shape index (κ3) is 3.58. The first-order valence-electron chi connectivity index (χ1n) is 12.3. The van der Waals surface area contributed by atoms with Gasteiger partial charge in [-0.25, -0.2) is 4.39 Å². The number of nitrogens with one attached hydrogen (secondary N) is 2. The van der Waals surface area contributed by atoms with Crippen molar-refractivity contribution in [3.8, 4) is 0 Å². The van der Waals surface area contributed by atoms with Gasteiger partial charge in [0, 0.05) is 60.7 Å². The summed E-state index contributed by atoms with van der Waals surface area (Å²) in [5, 5.41) is 11.4. The van der Waals surface area contributed by atoms with Crippen LogP contribution in [-0.2, 0) is 15.6 Å². The van der Waals surface area contributed by atoms with Gasteiger partial charge < -0.3 is 10.7 Å². The predicted molar refractivity (Wildman–Crippen MR) is 140 cm³/mol. The van der Waals surface area contributed by atoms with E-state index in [4.69, 9.17) is 5.41 Å². The molecule has 0 unspecified atom stereocenters. The van der Waals surface area contributed by atoms with Crippen molar-refractivity contribution in [2.45, 2.75) is 24.7 Å². The van der Waals surface area contributed by atoms with Crippen LogP contribution in [0.3, 0.4) is 0 Å². The number of rotatable bonds is 7. The molecule has 0 spiro atoms. The number of benzene rings is 3. The summed E-state index contributed by atoms with van der Waals surface area (Å²) in [6.45, 7) is 4.20. The van der Waals surface area contributed by atoms with Crippen LogP contribution >= 0.6 is 0 Å². The smallest absolute Gasteiger partial charge is 0.282 e. The number of piperidine rings is 1. The summed E-state index contributed by atoms with van der Waals surface area (Å²) < 4.78 is 43.1. The Morgan fingerprint density at radius 2 is 1.78 bits per heavy atom. The summed E-state index contributed by atoms with van der Waals surface area (Å²) >= 11 is 0. The molecule has 8 heteroatoms. The number of hydrogen-bond donors (Lipinski definition) is 2. The van der Waals surface area contributed by atoms with Gasteiger partial charge in [-0.05, 0) is 72.4 Å². The fourth-order valence-corrected chi connectivity index (χ4v) is 7.99. The van der Waals surface area contributed by atoms with Crippen molar-refractivity contribution >= 4 is 27.8 Å². The highest BCUT2D eigenvalue weighted by Gasteiger charge is 2.72. The third-order valence-corrected chi connectivity index (χ3v) is 10.1. The van der Waals surface area contributed by atoms with E-state index in [2.05, 4.69) is 24.4 Å². The molecule has 6 rings (SSSR count). The molecule has 0 bridgehead atoms. The number of fused-ring (bicyclic) bond motifs is 1. The van der Waals surface area contributed by atoms with Crippen molar-refractivity contribution in [2.75, 3.05) is 31.5 Å². The molecule has 0 aromatic heterocycles. The lowest BCUT2D eigenvalue weighted by molar-refractivity contribution is 0.275. The van der Waals surface area contributed by atoms with E-state index >= 15 is 0 Å². The molecule has 3 fully saturated rings. The Morgan fingerprint density at radius 1 is 1.06 bits per heavy atom. The van der Waals surface area contributed by atoms with Gasteiger partial charge in [0.1, 0.15) is 5.82 Å². The topological polar surface area (TPSA) is 76.5 Å². The quantitative estimate of drug-likeness (QED) is 0.454. The molecule has 2 aliphatic heterocycles. The van der Waals surface area contributed by atoms with E-state index in [9.17, 15) is 12.8 Å². The lowest BCUT2D eigenvalue weighted by Crippen LogP contribution is -2.50. The predicted octanol–water partition coefficient (Wildman–Crippen LogP) is 4.79. The van der Waals surface area contributed by atoms with E-state index in [1.165, 1.54) is 23.9 Å². The largest absolute Gasteiger partial charge is 0.355 e. The summed E-state index contributed by atoms with van der Waals surface area (Å²) in [7, 11) is -3.46. The minimum atomic E-state index is -3.46. The van der Waals surface area contributed by atoms with Crippen LogP contribution < -0.4 is 5.32 Å². The molecule has 186 valence electrons. The molecule has 0 amide bonds. The standard InChI is InChI=1S/C28H29FN4O2S/c1-19-14-26(31-23-10-8-22(29)9-11-23)21(16-30)15-24(19)28-18-33(36(34,35)32-12-5-13-32)17-25(28)27(28)20-6-3-2-4-7-20/h2-4,6-11,14-16,25,27,30-31H,5,12-13,17-18H2,1H3/t25-,27-,28+/m1/s1. The van der Waals surface area contributed by atoms with Crippen molar-refractivity contribution < 1.29 is 12.8 Å². The van der Waals surface area contributed by atoms with Crippen molar-refractivity contribution in [3.05, 3.63) is 94.8 Å². The van der Waals surface area contributed by atoms with Gasteiger partial charge in [0.15, 0.2) is 0 Å². The number of anilines is 2. The maximum absolute atomic E-state index is 13.4. The highest BCUT2D eigenvalue weighted by molar-refractivity contribution is 7.86. The number of halogens is 1. The van der Waals surface area contributed by atoms with Gasteiger partial charge >= 0.3 is 0 Å². The Kier molecular flexibility index (Phi) is 5.51. The highest BCUT2D eigenvalue weighted by Crippen LogP contribution is 2.70. The number of nitrogens with zero attached hydrogens (tertiary/aromatic N) is 2. The second-order valence-corrected chi connectivity index (χ2v) is 12.0. The average molecular weight is 505 g/mol. The van der Waals surface area contributed by atoms with Gasteiger partial charge in [-0.2, -0.15) is 17.0 Å². The SMILES string of the molecule is Cc1cc(Nc2ccc(F)cc2)c(C=N)cc1[C@@]12CN(S(=O)(=O)N3CCC3)C[C@@H]1[C@H]2c1ccccc1. The zero-order valence-electron chi connectivity index (χ0n) is 20.1. The maximum atomic E-state index is 13.4. The first-order valence-corrected chi connectivity index (χ1v) is 13.7. The molecule has 3 atom stereocenters. The molecule has 3 aliphatic rings. The van der Waals surface area contributed by atoms with Gasteiger partial charge in [0.25, 0.3) is 10.2 Å². The molecule has 3 aromatic carbocycles. The van der Waals surface area contributed by atoms with E-state index in [-0.39, 0.29) is 23.1 Å². The van der Waals surface area contributed by atoms with Crippen molar-refractivity contribution in [2.24, 2.45) is 5.92 Å². The zero-order valence-corrected chi connectivity index (χ0v) is 20.9. The first kappa shape index (κ1) is 23.3. The van der Waals surface area contributed by atoms with Gasteiger partial charge in [0.2, 0.25) is 0 Å². The lowest BCUT2D eigenvalue weighted by Gasteiger charge is -2.35. The summed E-state index contributed by atoms with van der Waals surface area (Å²) in [6, 6.07) is 20.6. The highest BCUT2D eigenvalue weighted by atomic mass is 32.2. The first-order chi connectivity index (χ1) is 17.3. The molecular formula is C28H29FN4O2S. The Labute approximate surface area is 211 Å². The molecular weight excluding hydrogens is 475 g/mol. The molecule has 0 radical (unpaired) electrons. The van der Waals surface area contributed by atoms with Gasteiger partial charge in [0.05, 0.1) is 0 Å². The fourth-order valence-electron chi connectivity index (χ4n) is 6.22. The molecule has 1 saturated carbocycles. The number of aryl methyl sites for hydroxylation is 1. The lowest BCUT2D eigenvalue weighted by atomic mass is 9.86. The third-order valence-electron chi connectivity index (χ3n) is 8.15. The summed E-state index contributed by atoms with van der Waals surface area (Å²) in [4.78, 5) is 0. The molecule has 2 saturated heterocycles. The van der Waals surface area contributed by atoms with E-state index in [0.29, 0.717) is 26.2 Å². The van der Waals surface area contributed by atoms with Crippen molar-refractivity contribution in [1.29, 1.82) is 5.41 Å². The monoisotopic (exact) mass is 504 g/mol. The van der Waals surface area contributed by atoms with Crippen LogP contribution in [-0.4, -0.2) is 49.4 Å². The molecule has 36 heavy (non-hydrogen) atoms. The number of hydrogen-bond acceptors (Lipinski definition) is 4.